The van der Waals surface area contributed by atoms with Crippen LogP contribution in [0, 0.1) is 13.8 Å². The van der Waals surface area contributed by atoms with Crippen molar-refractivity contribution in [3.05, 3.63) is 53.6 Å². The first-order valence-corrected chi connectivity index (χ1v) is 8.07. The predicted octanol–water partition coefficient (Wildman–Crippen LogP) is 3.46. The molecule has 6 heteroatoms. The van der Waals surface area contributed by atoms with Crippen LogP contribution in [-0.4, -0.2) is 25.6 Å². The van der Waals surface area contributed by atoms with Gasteiger partial charge < -0.3 is 20.7 Å². The van der Waals surface area contributed by atoms with E-state index in [4.69, 9.17) is 4.74 Å². The number of amides is 3. The zero-order chi connectivity index (χ0) is 18.2. The third kappa shape index (κ3) is 5.53. The van der Waals surface area contributed by atoms with Gasteiger partial charge in [0.05, 0.1) is 13.0 Å². The van der Waals surface area contributed by atoms with Crippen molar-refractivity contribution in [3.63, 3.8) is 0 Å². The summed E-state index contributed by atoms with van der Waals surface area (Å²) < 4.78 is 5.69. The highest BCUT2D eigenvalue weighted by molar-refractivity contribution is 5.93. The number of benzene rings is 2. The summed E-state index contributed by atoms with van der Waals surface area (Å²) in [6.45, 7) is 4.32. The fraction of sp³-hybridized carbons (Fsp3) is 0.263. The molecular weight excluding hydrogens is 318 g/mol. The third-order valence-corrected chi connectivity index (χ3v) is 3.77. The number of aryl methyl sites for hydroxylation is 1. The molecule has 0 fully saturated rings. The van der Waals surface area contributed by atoms with Crippen LogP contribution < -0.4 is 20.7 Å². The smallest absolute Gasteiger partial charge is 0.318 e. The Bertz CT molecular complexity index is 759. The fourth-order valence-electron chi connectivity index (χ4n) is 2.23. The van der Waals surface area contributed by atoms with E-state index in [2.05, 4.69) is 16.0 Å². The number of hydrogen-bond acceptors (Lipinski definition) is 3. The van der Waals surface area contributed by atoms with E-state index < -0.39 is 0 Å². The quantitative estimate of drug-likeness (QED) is 0.753. The number of urea groups is 1. The molecule has 0 aromatic heterocycles. The highest BCUT2D eigenvalue weighted by Crippen LogP contribution is 2.20. The van der Waals surface area contributed by atoms with Crippen LogP contribution in [0.3, 0.4) is 0 Å². The lowest BCUT2D eigenvalue weighted by Gasteiger charge is -2.11. The topological polar surface area (TPSA) is 79.5 Å². The Hall–Kier alpha value is -3.02. The zero-order valence-electron chi connectivity index (χ0n) is 14.7. The van der Waals surface area contributed by atoms with Crippen molar-refractivity contribution < 1.29 is 14.3 Å². The van der Waals surface area contributed by atoms with Gasteiger partial charge in [0.25, 0.3) is 0 Å². The van der Waals surface area contributed by atoms with Crippen LogP contribution in [0.1, 0.15) is 17.5 Å². The molecule has 132 valence electrons. The second-order valence-corrected chi connectivity index (χ2v) is 5.63. The number of ether oxygens (including phenoxy) is 1. The van der Waals surface area contributed by atoms with Gasteiger partial charge in [0.2, 0.25) is 5.91 Å². The van der Waals surface area contributed by atoms with Crippen LogP contribution in [0.15, 0.2) is 42.5 Å². The molecule has 0 bridgehead atoms. The summed E-state index contributed by atoms with van der Waals surface area (Å²) >= 11 is 0. The lowest BCUT2D eigenvalue weighted by molar-refractivity contribution is -0.116. The molecule has 2 aromatic rings. The number of carbonyl (C=O) groups is 2. The Labute approximate surface area is 147 Å². The van der Waals surface area contributed by atoms with E-state index in [1.54, 1.807) is 24.3 Å². The summed E-state index contributed by atoms with van der Waals surface area (Å²) in [6.07, 6.45) is 0.237. The maximum absolute atomic E-state index is 12.1. The van der Waals surface area contributed by atoms with Crippen LogP contribution in [0.5, 0.6) is 5.75 Å². The van der Waals surface area contributed by atoms with E-state index >= 15 is 0 Å². The maximum atomic E-state index is 12.1. The number of anilines is 2. The van der Waals surface area contributed by atoms with E-state index in [1.165, 1.54) is 7.05 Å². The number of nitrogens with one attached hydrogen (secondary N) is 3. The van der Waals surface area contributed by atoms with E-state index in [1.807, 2.05) is 32.0 Å². The van der Waals surface area contributed by atoms with Crippen molar-refractivity contribution in [2.45, 2.75) is 20.3 Å². The second kappa shape index (κ2) is 8.73. The van der Waals surface area contributed by atoms with Crippen molar-refractivity contribution in [3.8, 4) is 5.75 Å². The van der Waals surface area contributed by atoms with E-state index in [0.717, 1.165) is 16.9 Å². The minimum atomic E-state index is -0.314. The molecular formula is C19H23N3O3. The van der Waals surface area contributed by atoms with Crippen LogP contribution in [0.2, 0.25) is 0 Å². The molecule has 0 atom stereocenters. The Morgan fingerprint density at radius 1 is 1.00 bits per heavy atom. The predicted molar refractivity (Wildman–Crippen MR) is 99.2 cm³/mol. The lowest BCUT2D eigenvalue weighted by atomic mass is 10.1. The molecule has 0 unspecified atom stereocenters. The van der Waals surface area contributed by atoms with Crippen LogP contribution in [0.4, 0.5) is 16.2 Å². The summed E-state index contributed by atoms with van der Waals surface area (Å²) in [6, 6.07) is 12.5. The second-order valence-electron chi connectivity index (χ2n) is 5.63. The Morgan fingerprint density at radius 3 is 2.40 bits per heavy atom. The standard InChI is InChI=1S/C19H23N3O3/c1-13-6-4-9-17(14(13)2)25-11-10-18(23)21-15-7-5-8-16(12-15)22-19(24)20-3/h4-9,12H,10-11H2,1-3H3,(H,21,23)(H2,20,22,24). The normalized spacial score (nSPS) is 10.0. The van der Waals surface area contributed by atoms with Crippen LogP contribution >= 0.6 is 0 Å². The van der Waals surface area contributed by atoms with Gasteiger partial charge in [0, 0.05) is 18.4 Å². The first-order chi connectivity index (χ1) is 12.0. The first kappa shape index (κ1) is 18.3. The molecule has 0 aliphatic rings. The van der Waals surface area contributed by atoms with Crippen molar-refractivity contribution in [1.82, 2.24) is 5.32 Å². The molecule has 0 spiro atoms. The van der Waals surface area contributed by atoms with Gasteiger partial charge in [0.15, 0.2) is 0 Å². The van der Waals surface area contributed by atoms with E-state index in [9.17, 15) is 9.59 Å². The van der Waals surface area contributed by atoms with Gasteiger partial charge in [-0.25, -0.2) is 4.79 Å². The van der Waals surface area contributed by atoms with E-state index in [0.29, 0.717) is 18.0 Å². The summed E-state index contributed by atoms with van der Waals surface area (Å²) in [5.41, 5.74) is 3.45. The monoisotopic (exact) mass is 341 g/mol. The lowest BCUT2D eigenvalue weighted by Crippen LogP contribution is -2.24. The Kier molecular flexibility index (Phi) is 6.39. The molecule has 3 N–H and O–H groups in total. The molecule has 0 aliphatic heterocycles. The van der Waals surface area contributed by atoms with Gasteiger partial charge in [-0.2, -0.15) is 0 Å². The Balaban J connectivity index is 1.85. The van der Waals surface area contributed by atoms with Crippen molar-refractivity contribution >= 4 is 23.3 Å². The summed E-state index contributed by atoms with van der Waals surface area (Å²) in [5.74, 6) is 0.645. The van der Waals surface area contributed by atoms with Gasteiger partial charge in [-0.1, -0.05) is 18.2 Å². The molecule has 25 heavy (non-hydrogen) atoms. The third-order valence-electron chi connectivity index (χ3n) is 3.77. The number of hydrogen-bond donors (Lipinski definition) is 3. The molecule has 0 saturated heterocycles. The van der Waals surface area contributed by atoms with Crippen molar-refractivity contribution in [1.29, 1.82) is 0 Å². The largest absolute Gasteiger partial charge is 0.493 e. The van der Waals surface area contributed by atoms with Gasteiger partial charge in [0.1, 0.15) is 5.75 Å². The minimum Gasteiger partial charge on any atom is -0.493 e. The van der Waals surface area contributed by atoms with Gasteiger partial charge in [-0.3, -0.25) is 4.79 Å². The van der Waals surface area contributed by atoms with Gasteiger partial charge >= 0.3 is 6.03 Å². The molecule has 2 aromatic carbocycles. The van der Waals surface area contributed by atoms with Crippen LogP contribution in [-0.2, 0) is 4.79 Å². The highest BCUT2D eigenvalue weighted by atomic mass is 16.5. The van der Waals surface area contributed by atoms with E-state index in [-0.39, 0.29) is 18.4 Å². The van der Waals surface area contributed by atoms with Crippen molar-refractivity contribution in [2.24, 2.45) is 0 Å². The zero-order valence-corrected chi connectivity index (χ0v) is 14.7. The van der Waals surface area contributed by atoms with Crippen molar-refractivity contribution in [2.75, 3.05) is 24.3 Å². The molecule has 2 rings (SSSR count). The number of carbonyl (C=O) groups excluding carboxylic acids is 2. The highest BCUT2D eigenvalue weighted by Gasteiger charge is 2.06. The summed E-state index contributed by atoms with van der Waals surface area (Å²) in [7, 11) is 1.54. The minimum absolute atomic E-state index is 0.151. The summed E-state index contributed by atoms with van der Waals surface area (Å²) in [4.78, 5) is 23.4. The molecule has 0 heterocycles. The number of rotatable bonds is 6. The van der Waals surface area contributed by atoms with Gasteiger partial charge in [-0.15, -0.1) is 0 Å². The average molecular weight is 341 g/mol. The molecule has 6 nitrogen and oxygen atoms in total. The molecule has 0 saturated carbocycles. The molecule has 3 amide bonds. The maximum Gasteiger partial charge on any atom is 0.318 e. The summed E-state index contributed by atoms with van der Waals surface area (Å²) in [5, 5.41) is 7.92. The Morgan fingerprint density at radius 2 is 1.68 bits per heavy atom. The molecule has 0 aliphatic carbocycles. The first-order valence-electron chi connectivity index (χ1n) is 8.07. The van der Waals surface area contributed by atoms with Crippen LogP contribution in [0.25, 0.3) is 0 Å². The average Bonchev–Trinajstić information content (AvgIpc) is 2.59. The fourth-order valence-corrected chi connectivity index (χ4v) is 2.23. The van der Waals surface area contributed by atoms with Gasteiger partial charge in [-0.05, 0) is 49.2 Å². The SMILES string of the molecule is CNC(=O)Nc1cccc(NC(=O)CCOc2cccc(C)c2C)c1. The molecule has 0 radical (unpaired) electrons.